The summed E-state index contributed by atoms with van der Waals surface area (Å²) in [6.07, 6.45) is 3.52. The molecule has 0 unspecified atom stereocenters. The van der Waals surface area contributed by atoms with Crippen LogP contribution < -0.4 is 5.73 Å². The fourth-order valence-electron chi connectivity index (χ4n) is 1.11. The number of aromatic nitrogens is 1. The summed E-state index contributed by atoms with van der Waals surface area (Å²) in [5.41, 5.74) is 6.63. The molecule has 1 aromatic rings. The smallest absolute Gasteiger partial charge is 0.307 e. The zero-order chi connectivity index (χ0) is 10.4. The van der Waals surface area contributed by atoms with Gasteiger partial charge in [-0.1, -0.05) is 6.07 Å². The van der Waals surface area contributed by atoms with E-state index < -0.39 is 0 Å². The number of nitrogens with zero attached hydrogens (tertiary/aromatic N) is 1. The Bertz CT molecular complexity index is 287. The molecule has 1 atom stereocenters. The predicted molar refractivity (Wildman–Crippen MR) is 52.4 cm³/mol. The van der Waals surface area contributed by atoms with Crippen LogP contribution in [0, 0.1) is 0 Å². The summed E-state index contributed by atoms with van der Waals surface area (Å²) in [6, 6.07) is 3.31. The normalized spacial score (nSPS) is 12.1. The Kier molecular flexibility index (Phi) is 4.07. The Balaban J connectivity index is 2.50. The van der Waals surface area contributed by atoms with Crippen LogP contribution in [-0.4, -0.2) is 17.6 Å². The third-order valence-electron chi connectivity index (χ3n) is 1.80. The van der Waals surface area contributed by atoms with E-state index in [1.54, 1.807) is 25.4 Å². The molecule has 14 heavy (non-hydrogen) atoms. The van der Waals surface area contributed by atoms with Crippen LogP contribution in [0.25, 0.3) is 0 Å². The average molecular weight is 194 g/mol. The lowest BCUT2D eigenvalue weighted by Crippen LogP contribution is -2.17. The van der Waals surface area contributed by atoms with Crippen molar-refractivity contribution in [1.29, 1.82) is 0 Å². The van der Waals surface area contributed by atoms with E-state index in [2.05, 4.69) is 4.98 Å². The molecule has 0 radical (unpaired) electrons. The molecular weight excluding hydrogens is 180 g/mol. The standard InChI is InChI=1S/C10H14N2O2/c1-2-14-10(13)6-9(11)8-4-3-5-12-7-8/h3-5,7,9H,2,6,11H2,1H3/t9-/m1/s1. The third kappa shape index (κ3) is 3.14. The largest absolute Gasteiger partial charge is 0.466 e. The Morgan fingerprint density at radius 3 is 3.07 bits per heavy atom. The molecule has 1 aromatic heterocycles. The number of hydrogen-bond acceptors (Lipinski definition) is 4. The Morgan fingerprint density at radius 2 is 2.50 bits per heavy atom. The quantitative estimate of drug-likeness (QED) is 0.727. The molecule has 4 heteroatoms. The number of pyridine rings is 1. The van der Waals surface area contributed by atoms with Gasteiger partial charge in [0.05, 0.1) is 13.0 Å². The molecule has 1 rings (SSSR count). The molecule has 0 aliphatic rings. The van der Waals surface area contributed by atoms with Crippen LogP contribution in [0.5, 0.6) is 0 Å². The maximum Gasteiger partial charge on any atom is 0.307 e. The zero-order valence-electron chi connectivity index (χ0n) is 8.14. The summed E-state index contributed by atoms with van der Waals surface area (Å²) in [5, 5.41) is 0. The Labute approximate surface area is 83.1 Å². The summed E-state index contributed by atoms with van der Waals surface area (Å²) in [5.74, 6) is -0.274. The SMILES string of the molecule is CCOC(=O)C[C@@H](N)c1cccnc1. The van der Waals surface area contributed by atoms with Gasteiger partial charge in [-0.3, -0.25) is 9.78 Å². The van der Waals surface area contributed by atoms with Gasteiger partial charge in [-0.05, 0) is 18.6 Å². The topological polar surface area (TPSA) is 65.2 Å². The van der Waals surface area contributed by atoms with Crippen molar-refractivity contribution >= 4 is 5.97 Å². The fraction of sp³-hybridized carbons (Fsp3) is 0.400. The number of carbonyl (C=O) groups is 1. The minimum Gasteiger partial charge on any atom is -0.466 e. The lowest BCUT2D eigenvalue weighted by molar-refractivity contribution is -0.143. The number of carbonyl (C=O) groups excluding carboxylic acids is 1. The molecule has 0 saturated heterocycles. The van der Waals surface area contributed by atoms with E-state index in [1.165, 1.54) is 0 Å². The highest BCUT2D eigenvalue weighted by atomic mass is 16.5. The second-order valence-electron chi connectivity index (χ2n) is 2.90. The van der Waals surface area contributed by atoms with E-state index in [0.717, 1.165) is 5.56 Å². The van der Waals surface area contributed by atoms with E-state index in [-0.39, 0.29) is 18.4 Å². The van der Waals surface area contributed by atoms with Gasteiger partial charge in [0.1, 0.15) is 0 Å². The maximum absolute atomic E-state index is 11.1. The van der Waals surface area contributed by atoms with Crippen molar-refractivity contribution in [2.24, 2.45) is 5.73 Å². The van der Waals surface area contributed by atoms with E-state index in [9.17, 15) is 4.79 Å². The number of esters is 1. The number of rotatable bonds is 4. The zero-order valence-corrected chi connectivity index (χ0v) is 8.14. The predicted octanol–water partition coefficient (Wildman–Crippen LogP) is 1.03. The lowest BCUT2D eigenvalue weighted by atomic mass is 10.1. The molecule has 2 N–H and O–H groups in total. The number of ether oxygens (including phenoxy) is 1. The van der Waals surface area contributed by atoms with Gasteiger partial charge in [0, 0.05) is 18.4 Å². The minimum absolute atomic E-state index is 0.194. The minimum atomic E-state index is -0.331. The monoisotopic (exact) mass is 194 g/mol. The van der Waals surface area contributed by atoms with Gasteiger partial charge < -0.3 is 10.5 Å². The van der Waals surface area contributed by atoms with Crippen molar-refractivity contribution in [3.63, 3.8) is 0 Å². The molecular formula is C10H14N2O2. The molecule has 0 fully saturated rings. The first-order valence-corrected chi connectivity index (χ1v) is 4.55. The maximum atomic E-state index is 11.1. The summed E-state index contributed by atoms with van der Waals surface area (Å²) in [4.78, 5) is 15.0. The van der Waals surface area contributed by atoms with Crippen molar-refractivity contribution in [2.45, 2.75) is 19.4 Å². The Morgan fingerprint density at radius 1 is 1.71 bits per heavy atom. The molecule has 0 amide bonds. The van der Waals surface area contributed by atoms with Crippen molar-refractivity contribution in [1.82, 2.24) is 4.98 Å². The van der Waals surface area contributed by atoms with Crippen LogP contribution in [0.15, 0.2) is 24.5 Å². The summed E-state index contributed by atoms with van der Waals surface area (Å²) < 4.78 is 4.79. The van der Waals surface area contributed by atoms with Crippen molar-refractivity contribution < 1.29 is 9.53 Å². The van der Waals surface area contributed by atoms with E-state index in [4.69, 9.17) is 10.5 Å². The van der Waals surface area contributed by atoms with Gasteiger partial charge in [-0.25, -0.2) is 0 Å². The first kappa shape index (κ1) is 10.7. The van der Waals surface area contributed by atoms with E-state index in [0.29, 0.717) is 6.61 Å². The third-order valence-corrected chi connectivity index (χ3v) is 1.80. The molecule has 0 aromatic carbocycles. The highest BCUT2D eigenvalue weighted by molar-refractivity contribution is 5.70. The molecule has 1 heterocycles. The van der Waals surface area contributed by atoms with Crippen LogP contribution in [0.4, 0.5) is 0 Å². The number of hydrogen-bond donors (Lipinski definition) is 1. The van der Waals surface area contributed by atoms with Gasteiger partial charge in [-0.15, -0.1) is 0 Å². The molecule has 0 saturated carbocycles. The summed E-state index contributed by atoms with van der Waals surface area (Å²) in [6.45, 7) is 2.16. The lowest BCUT2D eigenvalue weighted by Gasteiger charge is -2.09. The van der Waals surface area contributed by atoms with Crippen LogP contribution in [0.3, 0.4) is 0 Å². The van der Waals surface area contributed by atoms with Gasteiger partial charge >= 0.3 is 5.97 Å². The van der Waals surface area contributed by atoms with Crippen LogP contribution >= 0.6 is 0 Å². The summed E-state index contributed by atoms with van der Waals surface area (Å²) in [7, 11) is 0. The first-order valence-electron chi connectivity index (χ1n) is 4.55. The fourth-order valence-corrected chi connectivity index (χ4v) is 1.11. The van der Waals surface area contributed by atoms with Crippen LogP contribution in [0.2, 0.25) is 0 Å². The molecule has 0 aliphatic carbocycles. The molecule has 76 valence electrons. The van der Waals surface area contributed by atoms with Crippen molar-refractivity contribution in [3.8, 4) is 0 Å². The Hall–Kier alpha value is -1.42. The van der Waals surface area contributed by atoms with Crippen LogP contribution in [0.1, 0.15) is 24.9 Å². The summed E-state index contributed by atoms with van der Waals surface area (Å²) >= 11 is 0. The van der Waals surface area contributed by atoms with Gasteiger partial charge in [0.25, 0.3) is 0 Å². The molecule has 0 bridgehead atoms. The van der Waals surface area contributed by atoms with Crippen LogP contribution in [-0.2, 0) is 9.53 Å². The number of nitrogens with two attached hydrogens (primary N) is 1. The second-order valence-corrected chi connectivity index (χ2v) is 2.90. The first-order chi connectivity index (χ1) is 6.74. The molecule has 4 nitrogen and oxygen atoms in total. The van der Waals surface area contributed by atoms with Gasteiger partial charge in [-0.2, -0.15) is 0 Å². The van der Waals surface area contributed by atoms with Gasteiger partial charge in [0.15, 0.2) is 0 Å². The van der Waals surface area contributed by atoms with Gasteiger partial charge in [0.2, 0.25) is 0 Å². The van der Waals surface area contributed by atoms with Crippen molar-refractivity contribution in [2.75, 3.05) is 6.61 Å². The van der Waals surface area contributed by atoms with E-state index in [1.807, 2.05) is 6.07 Å². The second kappa shape index (κ2) is 5.34. The highest BCUT2D eigenvalue weighted by Crippen LogP contribution is 2.12. The highest BCUT2D eigenvalue weighted by Gasteiger charge is 2.11. The van der Waals surface area contributed by atoms with E-state index >= 15 is 0 Å². The molecule has 0 spiro atoms. The average Bonchev–Trinajstić information content (AvgIpc) is 2.19. The molecule has 0 aliphatic heterocycles. The van der Waals surface area contributed by atoms with Crippen molar-refractivity contribution in [3.05, 3.63) is 30.1 Å².